The largest absolute Gasteiger partial charge is 0.371 e. The van der Waals surface area contributed by atoms with E-state index in [1.165, 1.54) is 0 Å². The van der Waals surface area contributed by atoms with Gasteiger partial charge >= 0.3 is 17.8 Å². The molecule has 10 heteroatoms. The molecule has 1 aliphatic rings. The standard InChI is InChI=1S/C6H3BrF8O/c7-4(11)2(8,9)1-3(10,16)5(12,13)6(4,14)15/h16H,1H2. The first-order valence-electron chi connectivity index (χ1n) is 3.63. The van der Waals surface area contributed by atoms with Crippen molar-refractivity contribution in [1.82, 2.24) is 0 Å². The average molecular weight is 323 g/mol. The Balaban J connectivity index is 3.43. The van der Waals surface area contributed by atoms with Gasteiger partial charge in [-0.05, 0) is 15.9 Å². The average Bonchev–Trinajstić information content (AvgIpc) is 1.98. The summed E-state index contributed by atoms with van der Waals surface area (Å²) >= 11 is 1.14. The minimum atomic E-state index is -6.12. The molecule has 1 aliphatic carbocycles. The Bertz CT molecular complexity index is 284. The molecule has 2 unspecified atom stereocenters. The highest BCUT2D eigenvalue weighted by atomic mass is 79.9. The summed E-state index contributed by atoms with van der Waals surface area (Å²) in [5, 5.41) is 8.24. The molecule has 0 heterocycles. The zero-order valence-electron chi connectivity index (χ0n) is 7.06. The van der Waals surface area contributed by atoms with Crippen molar-refractivity contribution >= 4 is 15.9 Å². The van der Waals surface area contributed by atoms with Crippen LogP contribution in [-0.4, -0.2) is 33.3 Å². The smallest absolute Gasteiger partial charge is 0.357 e. The summed E-state index contributed by atoms with van der Waals surface area (Å²) in [5.74, 6) is -22.5. The van der Waals surface area contributed by atoms with Crippen molar-refractivity contribution in [3.8, 4) is 0 Å². The minimum Gasteiger partial charge on any atom is -0.357 e. The fraction of sp³-hybridized carbons (Fsp3) is 1.00. The van der Waals surface area contributed by atoms with Crippen LogP contribution in [0.4, 0.5) is 35.1 Å². The van der Waals surface area contributed by atoms with Crippen LogP contribution >= 0.6 is 15.9 Å². The van der Waals surface area contributed by atoms with Gasteiger partial charge in [-0.2, -0.15) is 17.6 Å². The summed E-state index contributed by atoms with van der Waals surface area (Å²) in [5.41, 5.74) is 0. The van der Waals surface area contributed by atoms with Crippen LogP contribution in [-0.2, 0) is 0 Å². The summed E-state index contributed by atoms with van der Waals surface area (Å²) < 4.78 is 96.4. The zero-order valence-corrected chi connectivity index (χ0v) is 8.64. The van der Waals surface area contributed by atoms with Gasteiger partial charge < -0.3 is 5.11 Å². The van der Waals surface area contributed by atoms with Crippen molar-refractivity contribution in [2.45, 2.75) is 34.6 Å². The van der Waals surface area contributed by atoms with Crippen molar-refractivity contribution in [2.24, 2.45) is 0 Å². The first kappa shape index (κ1) is 13.9. The molecule has 2 atom stereocenters. The van der Waals surface area contributed by atoms with Crippen LogP contribution in [0.3, 0.4) is 0 Å². The first-order chi connectivity index (χ1) is 6.71. The maximum absolute atomic E-state index is 12.9. The third-order valence-electron chi connectivity index (χ3n) is 2.19. The van der Waals surface area contributed by atoms with E-state index in [1.807, 2.05) is 0 Å². The molecule has 1 saturated carbocycles. The summed E-state index contributed by atoms with van der Waals surface area (Å²) in [7, 11) is 0. The topological polar surface area (TPSA) is 20.2 Å². The summed E-state index contributed by atoms with van der Waals surface area (Å²) in [6, 6.07) is 0. The van der Waals surface area contributed by atoms with Gasteiger partial charge in [0.25, 0.3) is 10.4 Å². The molecular formula is C6H3BrF8O. The van der Waals surface area contributed by atoms with Crippen molar-refractivity contribution in [3.63, 3.8) is 0 Å². The summed E-state index contributed by atoms with van der Waals surface area (Å²) in [4.78, 5) is 0. The van der Waals surface area contributed by atoms with Gasteiger partial charge in [0.2, 0.25) is 0 Å². The highest BCUT2D eigenvalue weighted by Gasteiger charge is 2.89. The van der Waals surface area contributed by atoms with Gasteiger partial charge in [-0.25, -0.2) is 17.6 Å². The van der Waals surface area contributed by atoms with E-state index in [9.17, 15) is 35.1 Å². The lowest BCUT2D eigenvalue weighted by Crippen LogP contribution is -2.74. The SMILES string of the molecule is OC1(F)CC(F)(F)C(F)(Br)C(F)(F)C1(F)F. The van der Waals surface area contributed by atoms with Crippen molar-refractivity contribution < 1.29 is 40.2 Å². The van der Waals surface area contributed by atoms with E-state index in [4.69, 9.17) is 5.11 Å². The van der Waals surface area contributed by atoms with Crippen LogP contribution in [0.1, 0.15) is 6.42 Å². The minimum absolute atomic E-state index is 1.14. The van der Waals surface area contributed by atoms with Crippen molar-refractivity contribution in [3.05, 3.63) is 0 Å². The van der Waals surface area contributed by atoms with E-state index in [1.54, 1.807) is 0 Å². The predicted octanol–water partition coefficient (Wildman–Crippen LogP) is 3.01. The number of halogens is 9. The van der Waals surface area contributed by atoms with E-state index in [-0.39, 0.29) is 0 Å². The number of aliphatic hydroxyl groups is 1. The van der Waals surface area contributed by atoms with Gasteiger partial charge in [-0.1, -0.05) is 0 Å². The third kappa shape index (κ3) is 1.31. The number of hydrogen-bond acceptors (Lipinski definition) is 1. The molecule has 0 spiro atoms. The number of alkyl halides is 9. The van der Waals surface area contributed by atoms with Crippen LogP contribution in [0.5, 0.6) is 0 Å². The van der Waals surface area contributed by atoms with E-state index in [0.717, 1.165) is 15.9 Å². The third-order valence-corrected chi connectivity index (χ3v) is 3.26. The molecular weight excluding hydrogens is 320 g/mol. The second-order valence-corrected chi connectivity index (χ2v) is 4.46. The highest BCUT2D eigenvalue weighted by molar-refractivity contribution is 9.10. The van der Waals surface area contributed by atoms with Crippen LogP contribution in [0.2, 0.25) is 0 Å². The Hall–Kier alpha value is -0.120. The molecule has 0 radical (unpaired) electrons. The molecule has 0 saturated heterocycles. The maximum Gasteiger partial charge on any atom is 0.371 e. The Morgan fingerprint density at radius 3 is 1.56 bits per heavy atom. The summed E-state index contributed by atoms with van der Waals surface area (Å²) in [6.07, 6.45) is -2.79. The van der Waals surface area contributed by atoms with Gasteiger partial charge in [0.05, 0.1) is 6.42 Å². The number of hydrogen-bond donors (Lipinski definition) is 1. The van der Waals surface area contributed by atoms with Gasteiger partial charge in [0.15, 0.2) is 0 Å². The van der Waals surface area contributed by atoms with Crippen LogP contribution in [0.15, 0.2) is 0 Å². The molecule has 0 aliphatic heterocycles. The van der Waals surface area contributed by atoms with E-state index in [2.05, 4.69) is 0 Å². The highest BCUT2D eigenvalue weighted by Crippen LogP contribution is 2.64. The normalized spacial score (nSPS) is 45.4. The van der Waals surface area contributed by atoms with E-state index >= 15 is 0 Å². The molecule has 1 rings (SSSR count). The summed E-state index contributed by atoms with van der Waals surface area (Å²) in [6.45, 7) is 0. The van der Waals surface area contributed by atoms with Gasteiger partial charge in [-0.3, -0.25) is 0 Å². The van der Waals surface area contributed by atoms with Crippen molar-refractivity contribution in [2.75, 3.05) is 0 Å². The second kappa shape index (κ2) is 3.01. The Morgan fingerprint density at radius 1 is 0.812 bits per heavy atom. The van der Waals surface area contributed by atoms with Crippen molar-refractivity contribution in [1.29, 1.82) is 0 Å². The van der Waals surface area contributed by atoms with E-state index in [0.29, 0.717) is 0 Å². The Kier molecular flexibility index (Phi) is 2.62. The molecule has 1 nitrogen and oxygen atoms in total. The Labute approximate surface area is 91.5 Å². The predicted molar refractivity (Wildman–Crippen MR) is 38.3 cm³/mol. The molecule has 96 valence electrons. The van der Waals surface area contributed by atoms with Crippen LogP contribution in [0, 0.1) is 0 Å². The second-order valence-electron chi connectivity index (χ2n) is 3.36. The Morgan fingerprint density at radius 2 is 1.19 bits per heavy atom. The fourth-order valence-corrected chi connectivity index (χ4v) is 1.57. The molecule has 0 aromatic heterocycles. The lowest BCUT2D eigenvalue weighted by atomic mass is 9.83. The first-order valence-corrected chi connectivity index (χ1v) is 4.42. The molecule has 0 bridgehead atoms. The molecule has 0 amide bonds. The molecule has 1 N–H and O–H groups in total. The molecule has 0 aromatic carbocycles. The van der Waals surface area contributed by atoms with Crippen LogP contribution < -0.4 is 0 Å². The van der Waals surface area contributed by atoms with Gasteiger partial charge in [0.1, 0.15) is 0 Å². The fourth-order valence-electron chi connectivity index (χ4n) is 1.18. The van der Waals surface area contributed by atoms with Gasteiger partial charge in [0, 0.05) is 0 Å². The number of rotatable bonds is 0. The lowest BCUT2D eigenvalue weighted by Gasteiger charge is -2.47. The lowest BCUT2D eigenvalue weighted by molar-refractivity contribution is -0.410. The molecule has 0 aromatic rings. The zero-order chi connectivity index (χ0) is 13.2. The molecule has 16 heavy (non-hydrogen) atoms. The van der Waals surface area contributed by atoms with Crippen LogP contribution in [0.25, 0.3) is 0 Å². The van der Waals surface area contributed by atoms with E-state index < -0.39 is 34.6 Å². The van der Waals surface area contributed by atoms with Gasteiger partial charge in [-0.15, -0.1) is 0 Å². The molecule has 1 fully saturated rings. The monoisotopic (exact) mass is 322 g/mol. The quantitative estimate of drug-likeness (QED) is 0.537. The maximum atomic E-state index is 12.9.